The van der Waals surface area contributed by atoms with Crippen molar-refractivity contribution in [2.24, 2.45) is 0 Å². The van der Waals surface area contributed by atoms with E-state index in [1.54, 1.807) is 6.92 Å². The molecule has 0 amide bonds. The predicted molar refractivity (Wildman–Crippen MR) is 262 cm³/mol. The molecule has 0 radical (unpaired) electrons. The van der Waals surface area contributed by atoms with Crippen LogP contribution in [0, 0.1) is 118 Å². The van der Waals surface area contributed by atoms with Crippen molar-refractivity contribution in [2.45, 2.75) is 12.3 Å². The molecule has 0 bridgehead atoms. The van der Waals surface area contributed by atoms with Gasteiger partial charge in [-0.25, -0.2) is 4.98 Å². The molecule has 292 valence electrons. The third-order valence-electron chi connectivity index (χ3n) is 11.2. The molecule has 3 heterocycles. The van der Waals surface area contributed by atoms with Crippen LogP contribution < -0.4 is 0 Å². The monoisotopic (exact) mass is 815 g/mol. The fourth-order valence-corrected chi connectivity index (χ4v) is 8.68. The zero-order valence-electron chi connectivity index (χ0n) is 34.9. The molecule has 3 heteroatoms. The third kappa shape index (κ3) is 7.39. The van der Waals surface area contributed by atoms with Crippen molar-refractivity contribution in [2.75, 3.05) is 0 Å². The van der Waals surface area contributed by atoms with E-state index in [1.807, 2.05) is 18.3 Å². The summed E-state index contributed by atoms with van der Waals surface area (Å²) in [6, 6.07) is 54.5. The minimum Gasteiger partial charge on any atom is -0.293 e. The highest BCUT2D eigenvalue weighted by Crippen LogP contribution is 2.61. The van der Waals surface area contributed by atoms with Crippen LogP contribution in [0.3, 0.4) is 0 Å². The molecule has 0 saturated carbocycles. The number of terminal acetylenes is 1. The largest absolute Gasteiger partial charge is 0.293 e. The van der Waals surface area contributed by atoms with Crippen LogP contribution in [-0.4, -0.2) is 9.55 Å². The molecule has 1 aliphatic heterocycles. The SMILES string of the molecule is C#CC#CC#CC#CC#CC#CC#CC#CC#CC.N#Cc1ccc(-c2ccc3c(c2)C2(c4ccccc4-3)c3ccccc3-n3c4ncc(-c5ccccc5)cc4c4cccc2c43)cc1. The van der Waals surface area contributed by atoms with E-state index >= 15 is 0 Å². The van der Waals surface area contributed by atoms with Gasteiger partial charge in [-0.3, -0.25) is 4.57 Å². The molecule has 0 fully saturated rings. The Morgan fingerprint density at radius 2 is 1.05 bits per heavy atom. The first kappa shape index (κ1) is 40.2. The van der Waals surface area contributed by atoms with Crippen LogP contribution >= 0.6 is 0 Å². The standard InChI is InChI=1S/C43H25N3.C19H4/c44-25-27-17-19-29(20-18-27)30-21-22-33-32-11-4-5-13-36(32)43(39(33)24-30)37-14-6-7-16-40(37)46-41-34(12-8-15-38(41)43)35-23-31(26-45-42(35)46)28-9-2-1-3-10-28;1-3-5-7-9-11-13-15-17-19-18-16-14-12-10-8-6-4-2/h1-24,26H;1H,2H3. The molecule has 1 atom stereocenters. The molecule has 10 rings (SSSR count). The van der Waals surface area contributed by atoms with Gasteiger partial charge in [0.05, 0.1) is 28.3 Å². The van der Waals surface area contributed by atoms with Crippen molar-refractivity contribution in [1.82, 2.24) is 9.55 Å². The summed E-state index contributed by atoms with van der Waals surface area (Å²) in [7, 11) is 0. The van der Waals surface area contributed by atoms with E-state index in [0.29, 0.717) is 5.56 Å². The second kappa shape index (κ2) is 18.2. The second-order valence-electron chi connectivity index (χ2n) is 14.5. The molecule has 3 nitrogen and oxygen atoms in total. The van der Waals surface area contributed by atoms with Crippen molar-refractivity contribution >= 4 is 21.9 Å². The Labute approximate surface area is 379 Å². The number of pyridine rings is 1. The third-order valence-corrected chi connectivity index (χ3v) is 11.2. The van der Waals surface area contributed by atoms with Crippen molar-refractivity contribution in [3.05, 3.63) is 180 Å². The Morgan fingerprint density at radius 1 is 0.477 bits per heavy atom. The van der Waals surface area contributed by atoms with Crippen LogP contribution in [0.4, 0.5) is 0 Å². The maximum Gasteiger partial charge on any atom is 0.145 e. The van der Waals surface area contributed by atoms with Gasteiger partial charge in [-0.15, -0.1) is 6.42 Å². The highest BCUT2D eigenvalue weighted by molar-refractivity contribution is 6.12. The molecule has 0 saturated heterocycles. The van der Waals surface area contributed by atoms with E-state index < -0.39 is 5.41 Å². The zero-order chi connectivity index (χ0) is 44.4. The van der Waals surface area contributed by atoms with Crippen molar-refractivity contribution < 1.29 is 0 Å². The molecular weight excluding hydrogens is 787 g/mol. The summed E-state index contributed by atoms with van der Waals surface area (Å²) < 4.78 is 2.39. The summed E-state index contributed by atoms with van der Waals surface area (Å²) in [6.45, 7) is 1.70. The number of nitriles is 1. The predicted octanol–water partition coefficient (Wildman–Crippen LogP) is 10.7. The van der Waals surface area contributed by atoms with Gasteiger partial charge < -0.3 is 0 Å². The Bertz CT molecular complexity index is 3900. The maximum atomic E-state index is 9.41. The van der Waals surface area contributed by atoms with Gasteiger partial charge in [0.15, 0.2) is 0 Å². The number of para-hydroxylation sites is 2. The van der Waals surface area contributed by atoms with Crippen LogP contribution in [0.5, 0.6) is 0 Å². The molecule has 0 N–H and O–H groups in total. The molecule has 2 aliphatic rings. The average Bonchev–Trinajstić information content (AvgIpc) is 3.85. The lowest BCUT2D eigenvalue weighted by atomic mass is 9.65. The summed E-state index contributed by atoms with van der Waals surface area (Å²) in [5.41, 5.74) is 15.6. The van der Waals surface area contributed by atoms with E-state index in [0.717, 1.165) is 39.0 Å². The molecular formula is C62H29N3. The van der Waals surface area contributed by atoms with Gasteiger partial charge in [-0.2, -0.15) is 5.26 Å². The number of nitrogens with zero attached hydrogens (tertiary/aromatic N) is 3. The zero-order valence-corrected chi connectivity index (χ0v) is 34.9. The van der Waals surface area contributed by atoms with Crippen LogP contribution in [0.2, 0.25) is 0 Å². The maximum absolute atomic E-state index is 9.41. The Balaban J connectivity index is 0.000000240. The molecule has 65 heavy (non-hydrogen) atoms. The molecule has 8 aromatic rings. The van der Waals surface area contributed by atoms with Crippen LogP contribution in [0.15, 0.2) is 152 Å². The van der Waals surface area contributed by atoms with Crippen molar-refractivity contribution in [3.8, 4) is 152 Å². The number of hydrogen-bond donors (Lipinski definition) is 0. The lowest BCUT2D eigenvalue weighted by Crippen LogP contribution is -2.33. The van der Waals surface area contributed by atoms with Crippen LogP contribution in [0.25, 0.3) is 61.0 Å². The lowest BCUT2D eigenvalue weighted by Gasteiger charge is -2.39. The molecule has 2 aromatic heterocycles. The minimum atomic E-state index is -0.517. The summed E-state index contributed by atoms with van der Waals surface area (Å²) in [6.07, 6.45) is 6.90. The van der Waals surface area contributed by atoms with Gasteiger partial charge >= 0.3 is 0 Å². The number of benzene rings is 6. The molecule has 1 aliphatic carbocycles. The van der Waals surface area contributed by atoms with Crippen molar-refractivity contribution in [3.63, 3.8) is 0 Å². The van der Waals surface area contributed by atoms with E-state index in [2.05, 4.69) is 245 Å². The quantitative estimate of drug-likeness (QED) is 0.163. The Morgan fingerprint density at radius 3 is 1.72 bits per heavy atom. The highest BCUT2D eigenvalue weighted by atomic mass is 15.1. The summed E-state index contributed by atoms with van der Waals surface area (Å²) >= 11 is 0. The Hall–Kier alpha value is -10.2. The molecule has 1 unspecified atom stereocenters. The van der Waals surface area contributed by atoms with E-state index in [9.17, 15) is 5.26 Å². The molecule has 1 spiro atoms. The topological polar surface area (TPSA) is 41.6 Å². The number of hydrogen-bond acceptors (Lipinski definition) is 2. The van der Waals surface area contributed by atoms with Crippen molar-refractivity contribution in [1.29, 1.82) is 5.26 Å². The first-order valence-corrected chi connectivity index (χ1v) is 20.4. The van der Waals surface area contributed by atoms with Gasteiger partial charge in [-0.05, 0) is 182 Å². The number of fused-ring (bicyclic) bond motifs is 12. The van der Waals surface area contributed by atoms with Crippen LogP contribution in [-0.2, 0) is 5.41 Å². The van der Waals surface area contributed by atoms with Crippen LogP contribution in [0.1, 0.15) is 34.7 Å². The lowest BCUT2D eigenvalue weighted by molar-refractivity contribution is 0.748. The number of aromatic nitrogens is 2. The minimum absolute atomic E-state index is 0.517. The highest BCUT2D eigenvalue weighted by Gasteiger charge is 2.51. The fraction of sp³-hybridized carbons (Fsp3) is 0.0323. The summed E-state index contributed by atoms with van der Waals surface area (Å²) in [5.74, 6) is 41.9. The summed E-state index contributed by atoms with van der Waals surface area (Å²) in [5, 5.41) is 11.8. The average molecular weight is 816 g/mol. The van der Waals surface area contributed by atoms with Gasteiger partial charge in [0.2, 0.25) is 0 Å². The van der Waals surface area contributed by atoms with E-state index in [-0.39, 0.29) is 0 Å². The van der Waals surface area contributed by atoms with Gasteiger partial charge in [0.1, 0.15) is 5.65 Å². The first-order valence-electron chi connectivity index (χ1n) is 20.4. The smallest absolute Gasteiger partial charge is 0.145 e. The normalized spacial score (nSPS) is 12.0. The van der Waals surface area contributed by atoms with E-state index in [4.69, 9.17) is 11.4 Å². The summed E-state index contributed by atoms with van der Waals surface area (Å²) in [4.78, 5) is 5.15. The van der Waals surface area contributed by atoms with Gasteiger partial charge in [0.25, 0.3) is 0 Å². The fourth-order valence-electron chi connectivity index (χ4n) is 8.68. The second-order valence-corrected chi connectivity index (χ2v) is 14.5. The number of rotatable bonds is 2. The Kier molecular flexibility index (Phi) is 11.3. The van der Waals surface area contributed by atoms with Gasteiger partial charge in [-0.1, -0.05) is 121 Å². The van der Waals surface area contributed by atoms with E-state index in [1.165, 1.54) is 44.3 Å². The molecule has 6 aromatic carbocycles. The van der Waals surface area contributed by atoms with Gasteiger partial charge in [0, 0.05) is 22.5 Å². The first-order chi connectivity index (χ1) is 32.2.